The summed E-state index contributed by atoms with van der Waals surface area (Å²) >= 11 is 0. The van der Waals surface area contributed by atoms with Crippen LogP contribution in [0.4, 0.5) is 26.3 Å². The zero-order valence-electron chi connectivity index (χ0n) is 17.2. The van der Waals surface area contributed by atoms with Crippen LogP contribution in [0, 0.1) is 11.8 Å². The van der Waals surface area contributed by atoms with Gasteiger partial charge in [0.1, 0.15) is 12.1 Å². The smallest absolute Gasteiger partial charge is 0.416 e. The Labute approximate surface area is 184 Å². The Morgan fingerprint density at radius 3 is 2.21 bits per heavy atom. The van der Waals surface area contributed by atoms with E-state index in [0.29, 0.717) is 24.3 Å². The van der Waals surface area contributed by atoms with E-state index in [1.807, 2.05) is 6.92 Å². The summed E-state index contributed by atoms with van der Waals surface area (Å²) in [6.07, 6.45) is -7.68. The van der Waals surface area contributed by atoms with Crippen molar-refractivity contribution in [3.8, 4) is 17.7 Å². The molecule has 0 aliphatic heterocycles. The van der Waals surface area contributed by atoms with Gasteiger partial charge in [-0.2, -0.15) is 26.3 Å². The maximum Gasteiger partial charge on any atom is 0.416 e. The Bertz CT molecular complexity index is 1150. The molecule has 0 saturated carbocycles. The number of ether oxygens (including phenoxy) is 2. The molecule has 0 fully saturated rings. The number of alkyl halides is 6. The maximum absolute atomic E-state index is 13.1. The van der Waals surface area contributed by atoms with Crippen molar-refractivity contribution in [1.29, 1.82) is 0 Å². The Morgan fingerprint density at radius 1 is 0.879 bits per heavy atom. The minimum atomic E-state index is -4.98. The number of rotatable bonds is 6. The van der Waals surface area contributed by atoms with Crippen molar-refractivity contribution in [2.24, 2.45) is 0 Å². The molecule has 0 aliphatic carbocycles. The van der Waals surface area contributed by atoms with E-state index in [1.165, 1.54) is 6.20 Å². The first kappa shape index (κ1) is 24.3. The predicted molar refractivity (Wildman–Crippen MR) is 106 cm³/mol. The summed E-state index contributed by atoms with van der Waals surface area (Å²) in [4.78, 5) is 12.5. The number of benzene rings is 1. The van der Waals surface area contributed by atoms with Gasteiger partial charge >= 0.3 is 12.4 Å². The molecular weight excluding hydrogens is 452 g/mol. The van der Waals surface area contributed by atoms with Crippen LogP contribution in [0.15, 0.2) is 36.5 Å². The molecule has 2 heterocycles. The van der Waals surface area contributed by atoms with Crippen molar-refractivity contribution >= 4 is 11.2 Å². The van der Waals surface area contributed by atoms with E-state index in [9.17, 15) is 26.3 Å². The van der Waals surface area contributed by atoms with Crippen LogP contribution in [0.5, 0.6) is 5.88 Å². The van der Waals surface area contributed by atoms with Crippen molar-refractivity contribution < 1.29 is 35.8 Å². The first-order chi connectivity index (χ1) is 15.6. The molecule has 0 spiro atoms. The zero-order chi connectivity index (χ0) is 24.1. The molecule has 1 aromatic carbocycles. The molecule has 174 valence electrons. The van der Waals surface area contributed by atoms with Crippen LogP contribution in [-0.2, 0) is 17.1 Å². The second-order valence-electron chi connectivity index (χ2n) is 6.73. The molecule has 0 aliphatic rings. The molecule has 0 amide bonds. The highest BCUT2D eigenvalue weighted by atomic mass is 19.4. The van der Waals surface area contributed by atoms with E-state index in [2.05, 4.69) is 26.8 Å². The van der Waals surface area contributed by atoms with Crippen molar-refractivity contribution in [2.75, 3.05) is 19.8 Å². The highest BCUT2D eigenvalue weighted by Gasteiger charge is 2.36. The lowest BCUT2D eigenvalue weighted by Crippen LogP contribution is -2.11. The summed E-state index contributed by atoms with van der Waals surface area (Å²) in [6, 6.07) is 4.35. The normalized spacial score (nSPS) is 11.8. The summed E-state index contributed by atoms with van der Waals surface area (Å²) < 4.78 is 89.4. The number of halogens is 6. The molecule has 0 saturated heterocycles. The molecule has 5 nitrogen and oxygen atoms in total. The highest BCUT2D eigenvalue weighted by Crippen LogP contribution is 2.36. The van der Waals surface area contributed by atoms with E-state index < -0.39 is 29.0 Å². The molecule has 33 heavy (non-hydrogen) atoms. The molecule has 3 rings (SSSR count). The highest BCUT2D eigenvalue weighted by molar-refractivity contribution is 5.71. The fourth-order valence-corrected chi connectivity index (χ4v) is 2.66. The summed E-state index contributed by atoms with van der Waals surface area (Å²) in [5, 5.41) is 0. The van der Waals surface area contributed by atoms with Gasteiger partial charge < -0.3 is 9.47 Å². The maximum atomic E-state index is 13.1. The summed E-state index contributed by atoms with van der Waals surface area (Å²) in [6.45, 7) is 2.81. The second kappa shape index (κ2) is 10.0. The molecule has 0 atom stereocenters. The summed E-state index contributed by atoms with van der Waals surface area (Å²) in [7, 11) is 0. The van der Waals surface area contributed by atoms with Crippen molar-refractivity contribution in [3.05, 3.63) is 58.9 Å². The Kier molecular flexibility index (Phi) is 7.38. The van der Waals surface area contributed by atoms with Crippen LogP contribution >= 0.6 is 0 Å². The van der Waals surface area contributed by atoms with E-state index >= 15 is 0 Å². The fraction of sp³-hybridized carbons (Fsp3) is 0.318. The quantitative estimate of drug-likeness (QED) is 0.280. The van der Waals surface area contributed by atoms with E-state index in [1.54, 1.807) is 12.1 Å². The monoisotopic (exact) mass is 469 g/mol. The lowest BCUT2D eigenvalue weighted by Gasteiger charge is -2.12. The SMILES string of the molecule is CCCOCCOc1nc2cccnc2nc1C#Cc1cc(C(F)(F)F)cc(C(F)(F)F)c1. The molecule has 0 bridgehead atoms. The molecule has 2 aromatic heterocycles. The first-order valence-corrected chi connectivity index (χ1v) is 9.72. The van der Waals surface area contributed by atoms with E-state index in [-0.39, 0.29) is 36.5 Å². The average molecular weight is 469 g/mol. The standard InChI is InChI=1S/C22H17F6N3O2/c1-2-8-32-9-10-33-20-18(30-19-17(31-20)4-3-7-29-19)6-5-14-11-15(21(23,24)25)13-16(12-14)22(26,27)28/h3-4,7,11-13H,2,8-10H2,1H3. The minimum Gasteiger partial charge on any atom is -0.473 e. The summed E-state index contributed by atoms with van der Waals surface area (Å²) in [5.41, 5.74) is -2.92. The third-order valence-corrected chi connectivity index (χ3v) is 4.14. The number of hydrogen-bond donors (Lipinski definition) is 0. The second-order valence-corrected chi connectivity index (χ2v) is 6.73. The van der Waals surface area contributed by atoms with Gasteiger partial charge in [0.25, 0.3) is 0 Å². The molecule has 11 heteroatoms. The zero-order valence-corrected chi connectivity index (χ0v) is 17.2. The van der Waals surface area contributed by atoms with Crippen molar-refractivity contribution in [1.82, 2.24) is 15.0 Å². The number of hydrogen-bond acceptors (Lipinski definition) is 5. The number of pyridine rings is 1. The lowest BCUT2D eigenvalue weighted by atomic mass is 10.0. The third-order valence-electron chi connectivity index (χ3n) is 4.14. The number of nitrogens with zero attached hydrogens (tertiary/aromatic N) is 3. The van der Waals surface area contributed by atoms with Crippen LogP contribution in [0.3, 0.4) is 0 Å². The van der Waals surface area contributed by atoms with Gasteiger partial charge in [0, 0.05) is 18.4 Å². The molecule has 0 unspecified atom stereocenters. The average Bonchev–Trinajstić information content (AvgIpc) is 2.76. The van der Waals surface area contributed by atoms with Crippen molar-refractivity contribution in [3.63, 3.8) is 0 Å². The summed E-state index contributed by atoms with van der Waals surface area (Å²) in [5.74, 6) is 4.74. The van der Waals surface area contributed by atoms with Crippen LogP contribution in [0.25, 0.3) is 11.2 Å². The van der Waals surface area contributed by atoms with Crippen LogP contribution < -0.4 is 4.74 Å². The number of aromatic nitrogens is 3. The molecule has 0 N–H and O–H groups in total. The van der Waals surface area contributed by atoms with Gasteiger partial charge in [-0.3, -0.25) is 0 Å². The molecule has 0 radical (unpaired) electrons. The van der Waals surface area contributed by atoms with Crippen molar-refractivity contribution in [2.45, 2.75) is 25.7 Å². The topological polar surface area (TPSA) is 57.1 Å². The Balaban J connectivity index is 2.01. The predicted octanol–water partition coefficient (Wildman–Crippen LogP) is 5.27. The van der Waals surface area contributed by atoms with Crippen LogP contribution in [-0.4, -0.2) is 34.8 Å². The van der Waals surface area contributed by atoms with E-state index in [4.69, 9.17) is 9.47 Å². The van der Waals surface area contributed by atoms with Crippen LogP contribution in [0.1, 0.15) is 35.7 Å². The van der Waals surface area contributed by atoms with Crippen LogP contribution in [0.2, 0.25) is 0 Å². The first-order valence-electron chi connectivity index (χ1n) is 9.72. The van der Waals surface area contributed by atoms with Gasteiger partial charge in [0.2, 0.25) is 5.88 Å². The minimum absolute atomic E-state index is 0.0360. The van der Waals surface area contributed by atoms with Gasteiger partial charge in [0.15, 0.2) is 11.3 Å². The third kappa shape index (κ3) is 6.55. The Morgan fingerprint density at radius 2 is 1.58 bits per heavy atom. The Hall–Kier alpha value is -3.39. The fourth-order valence-electron chi connectivity index (χ4n) is 2.66. The van der Waals surface area contributed by atoms with Gasteiger partial charge in [-0.1, -0.05) is 12.8 Å². The van der Waals surface area contributed by atoms with E-state index in [0.717, 1.165) is 6.42 Å². The van der Waals surface area contributed by atoms with Gasteiger partial charge in [-0.05, 0) is 42.7 Å². The van der Waals surface area contributed by atoms with Gasteiger partial charge in [0.05, 0.1) is 17.7 Å². The number of fused-ring (bicyclic) bond motifs is 1. The molecular formula is C22H17F6N3O2. The largest absolute Gasteiger partial charge is 0.473 e. The molecule has 3 aromatic rings. The van der Waals surface area contributed by atoms with Gasteiger partial charge in [-0.15, -0.1) is 0 Å². The van der Waals surface area contributed by atoms with Gasteiger partial charge in [-0.25, -0.2) is 15.0 Å². The lowest BCUT2D eigenvalue weighted by molar-refractivity contribution is -0.143.